The van der Waals surface area contributed by atoms with E-state index in [1.165, 1.54) is 25.4 Å². The van der Waals surface area contributed by atoms with Gasteiger partial charge in [0, 0.05) is 47.6 Å². The van der Waals surface area contributed by atoms with Gasteiger partial charge < -0.3 is 20.1 Å². The van der Waals surface area contributed by atoms with E-state index in [0.717, 1.165) is 6.07 Å². The molecule has 0 bridgehead atoms. The van der Waals surface area contributed by atoms with Crippen LogP contribution in [-0.4, -0.2) is 59.4 Å². The van der Waals surface area contributed by atoms with Crippen molar-refractivity contribution in [3.63, 3.8) is 0 Å². The minimum absolute atomic E-state index is 0.00341. The molecule has 1 atom stereocenters. The molecule has 11 heteroatoms. The molecule has 0 unspecified atom stereocenters. The van der Waals surface area contributed by atoms with Gasteiger partial charge in [-0.25, -0.2) is 18.7 Å². The highest BCUT2D eigenvalue weighted by Crippen LogP contribution is 2.41. The van der Waals surface area contributed by atoms with Crippen molar-refractivity contribution in [2.75, 3.05) is 38.6 Å². The van der Waals surface area contributed by atoms with Gasteiger partial charge in [0.1, 0.15) is 23.6 Å². The Morgan fingerprint density at radius 1 is 1.18 bits per heavy atom. The van der Waals surface area contributed by atoms with E-state index in [4.69, 9.17) is 4.74 Å². The Bertz CT molecular complexity index is 1280. The first-order chi connectivity index (χ1) is 18.8. The van der Waals surface area contributed by atoms with E-state index >= 15 is 4.39 Å². The fourth-order valence-electron chi connectivity index (χ4n) is 5.33. The molecule has 0 aliphatic carbocycles. The van der Waals surface area contributed by atoms with Crippen LogP contribution in [0.1, 0.15) is 43.0 Å². The largest absolute Gasteiger partial charge is 0.497 e. The third-order valence-corrected chi connectivity index (χ3v) is 7.58. The number of aliphatic hydroxyl groups excluding tert-OH is 1. The Balaban J connectivity index is 1.41. The van der Waals surface area contributed by atoms with Gasteiger partial charge in [-0.1, -0.05) is 0 Å². The number of nitrogens with one attached hydrogen (secondary N) is 2. The highest BCUT2D eigenvalue weighted by atomic mass is 19.1. The van der Waals surface area contributed by atoms with Crippen LogP contribution in [0, 0.1) is 17.0 Å². The molecule has 2 aromatic carbocycles. The van der Waals surface area contributed by atoms with Gasteiger partial charge in [-0.2, -0.15) is 0 Å². The lowest BCUT2D eigenvalue weighted by atomic mass is 9.73. The number of aromatic nitrogens is 1. The SMILES string of the molecule is COc1ccc2ncc(CO)c([C@H](F)CCC3(C(=O)NO)CCN(CCNc4cc(F)cc(F)c4)CC3)c2c1. The number of halogens is 3. The van der Waals surface area contributed by atoms with Crippen LogP contribution in [0.2, 0.25) is 0 Å². The number of hydrogen-bond donors (Lipinski definition) is 4. The second kappa shape index (κ2) is 12.6. The van der Waals surface area contributed by atoms with Crippen LogP contribution in [0.3, 0.4) is 0 Å². The average Bonchev–Trinajstić information content (AvgIpc) is 2.94. The summed E-state index contributed by atoms with van der Waals surface area (Å²) in [4.78, 5) is 19.2. The third kappa shape index (κ3) is 6.60. The molecule has 4 N–H and O–H groups in total. The maximum Gasteiger partial charge on any atom is 0.249 e. The lowest BCUT2D eigenvalue weighted by Gasteiger charge is -2.40. The number of piperidine rings is 1. The Labute approximate surface area is 224 Å². The predicted molar refractivity (Wildman–Crippen MR) is 140 cm³/mol. The first-order valence-corrected chi connectivity index (χ1v) is 12.9. The van der Waals surface area contributed by atoms with Gasteiger partial charge in [-0.3, -0.25) is 15.0 Å². The van der Waals surface area contributed by atoms with Crippen LogP contribution in [0.4, 0.5) is 18.9 Å². The van der Waals surface area contributed by atoms with E-state index in [1.54, 1.807) is 23.7 Å². The molecule has 39 heavy (non-hydrogen) atoms. The lowest BCUT2D eigenvalue weighted by Crippen LogP contribution is -2.49. The number of benzene rings is 2. The molecule has 8 nitrogen and oxygen atoms in total. The summed E-state index contributed by atoms with van der Waals surface area (Å²) in [5, 5.41) is 22.9. The molecule has 1 fully saturated rings. The summed E-state index contributed by atoms with van der Waals surface area (Å²) >= 11 is 0. The van der Waals surface area contributed by atoms with Gasteiger partial charge in [-0.05, 0) is 69.1 Å². The summed E-state index contributed by atoms with van der Waals surface area (Å²) in [6.07, 6.45) is 0.966. The molecule has 1 aliphatic heterocycles. The van der Waals surface area contributed by atoms with Gasteiger partial charge >= 0.3 is 0 Å². The number of alkyl halides is 1. The monoisotopic (exact) mass is 546 g/mol. The molecule has 1 aliphatic rings. The van der Waals surface area contributed by atoms with Gasteiger partial charge in [0.2, 0.25) is 5.91 Å². The molecule has 210 valence electrons. The number of pyridine rings is 1. The first-order valence-electron chi connectivity index (χ1n) is 12.9. The van der Waals surface area contributed by atoms with E-state index in [9.17, 15) is 23.9 Å². The van der Waals surface area contributed by atoms with Crippen molar-refractivity contribution in [3.8, 4) is 5.75 Å². The second-order valence-corrected chi connectivity index (χ2v) is 9.89. The van der Waals surface area contributed by atoms with Crippen molar-refractivity contribution >= 4 is 22.5 Å². The van der Waals surface area contributed by atoms with Crippen LogP contribution in [-0.2, 0) is 11.4 Å². The van der Waals surface area contributed by atoms with Crippen molar-refractivity contribution < 1.29 is 33.0 Å². The average molecular weight is 547 g/mol. The number of fused-ring (bicyclic) bond motifs is 1. The molecule has 3 aromatic rings. The fraction of sp³-hybridized carbons (Fsp3) is 0.429. The second-order valence-electron chi connectivity index (χ2n) is 9.89. The predicted octanol–water partition coefficient (Wildman–Crippen LogP) is 4.50. The number of likely N-dealkylation sites (tertiary alicyclic amines) is 1. The van der Waals surface area contributed by atoms with Crippen LogP contribution in [0.25, 0.3) is 10.9 Å². The molecule has 4 rings (SSSR count). The zero-order valence-electron chi connectivity index (χ0n) is 21.7. The van der Waals surface area contributed by atoms with E-state index in [1.807, 2.05) is 0 Å². The highest BCUT2D eigenvalue weighted by Gasteiger charge is 2.41. The summed E-state index contributed by atoms with van der Waals surface area (Å²) in [7, 11) is 1.51. The minimum Gasteiger partial charge on any atom is -0.497 e. The number of nitrogens with zero attached hydrogens (tertiary/aromatic N) is 2. The van der Waals surface area contributed by atoms with E-state index < -0.39 is 29.1 Å². The van der Waals surface area contributed by atoms with Crippen LogP contribution >= 0.6 is 0 Å². The standard InChI is InChI=1S/C28H33F3N4O4/c1-39-22-2-3-25-23(15-22)26(18(17-36)16-33-25)24(31)4-5-28(27(37)34-38)6-9-35(10-7-28)11-8-32-21-13-19(29)12-20(30)14-21/h2-3,12-16,24,32,36,38H,4-11,17H2,1H3,(H,34,37)/t24-/m1/s1. The number of rotatable bonds is 11. The molecule has 0 radical (unpaired) electrons. The Morgan fingerprint density at radius 2 is 1.90 bits per heavy atom. The zero-order chi connectivity index (χ0) is 28.0. The molecular weight excluding hydrogens is 513 g/mol. The first kappa shape index (κ1) is 28.6. The van der Waals surface area contributed by atoms with Gasteiger partial charge in [0.05, 0.1) is 24.6 Å². The summed E-state index contributed by atoms with van der Waals surface area (Å²) in [6, 6.07) is 8.38. The topological polar surface area (TPSA) is 107 Å². The number of hydrogen-bond acceptors (Lipinski definition) is 7. The summed E-state index contributed by atoms with van der Waals surface area (Å²) < 4.78 is 47.9. The number of ether oxygens (including phenoxy) is 1. The molecule has 1 amide bonds. The van der Waals surface area contributed by atoms with Crippen LogP contribution in [0.5, 0.6) is 5.75 Å². The number of carbonyl (C=O) groups excluding carboxylic acids is 1. The van der Waals surface area contributed by atoms with Crippen molar-refractivity contribution in [3.05, 3.63) is 65.4 Å². The summed E-state index contributed by atoms with van der Waals surface area (Å²) in [5.41, 5.74) is 2.40. The summed E-state index contributed by atoms with van der Waals surface area (Å²) in [6.45, 7) is 1.69. The van der Waals surface area contributed by atoms with E-state index in [2.05, 4.69) is 15.2 Å². The zero-order valence-corrected chi connectivity index (χ0v) is 21.7. The maximum atomic E-state index is 15.9. The normalized spacial score (nSPS) is 16.2. The molecule has 1 saturated heterocycles. The molecular formula is C28H33F3N4O4. The van der Waals surface area contributed by atoms with Gasteiger partial charge in [0.15, 0.2) is 0 Å². The fourth-order valence-corrected chi connectivity index (χ4v) is 5.33. The number of methoxy groups -OCH3 is 1. The quantitative estimate of drug-likeness (QED) is 0.207. The number of carbonyl (C=O) groups is 1. The minimum atomic E-state index is -1.48. The lowest BCUT2D eigenvalue weighted by molar-refractivity contribution is -0.143. The Kier molecular flexibility index (Phi) is 9.26. The molecule has 0 saturated carbocycles. The molecule has 1 aromatic heterocycles. The smallest absolute Gasteiger partial charge is 0.249 e. The molecule has 0 spiro atoms. The van der Waals surface area contributed by atoms with Crippen molar-refractivity contribution in [2.24, 2.45) is 5.41 Å². The van der Waals surface area contributed by atoms with Crippen LogP contribution < -0.4 is 15.5 Å². The Hall–Kier alpha value is -3.41. The molecule has 2 heterocycles. The number of aliphatic hydroxyl groups is 1. The van der Waals surface area contributed by atoms with Gasteiger partial charge in [0.25, 0.3) is 0 Å². The van der Waals surface area contributed by atoms with Crippen molar-refractivity contribution in [2.45, 2.75) is 38.5 Å². The highest BCUT2D eigenvalue weighted by molar-refractivity contribution is 5.85. The van der Waals surface area contributed by atoms with Gasteiger partial charge in [-0.15, -0.1) is 0 Å². The Morgan fingerprint density at radius 3 is 2.54 bits per heavy atom. The van der Waals surface area contributed by atoms with Crippen molar-refractivity contribution in [1.29, 1.82) is 0 Å². The maximum absolute atomic E-state index is 15.9. The number of amides is 1. The number of anilines is 1. The van der Waals surface area contributed by atoms with E-state index in [0.29, 0.717) is 72.5 Å². The van der Waals surface area contributed by atoms with Crippen molar-refractivity contribution in [1.82, 2.24) is 15.4 Å². The third-order valence-electron chi connectivity index (χ3n) is 7.58. The summed E-state index contributed by atoms with van der Waals surface area (Å²) in [5.74, 6) is -1.34. The van der Waals surface area contributed by atoms with Crippen LogP contribution in [0.15, 0.2) is 42.6 Å². The number of hydroxylamine groups is 1. The van der Waals surface area contributed by atoms with E-state index in [-0.39, 0.29) is 19.4 Å².